The summed E-state index contributed by atoms with van der Waals surface area (Å²) < 4.78 is 18.4. The summed E-state index contributed by atoms with van der Waals surface area (Å²) in [4.78, 5) is 39.1. The zero-order valence-corrected chi connectivity index (χ0v) is 20.3. The molecule has 186 valence electrons. The van der Waals surface area contributed by atoms with Gasteiger partial charge in [0.1, 0.15) is 0 Å². The van der Waals surface area contributed by atoms with Gasteiger partial charge in [0.2, 0.25) is 18.0 Å². The number of hydrogen-bond acceptors (Lipinski definition) is 7. The van der Waals surface area contributed by atoms with Crippen molar-refractivity contribution in [1.82, 2.24) is 4.90 Å². The van der Waals surface area contributed by atoms with Gasteiger partial charge in [-0.25, -0.2) is 9.78 Å². The highest BCUT2D eigenvalue weighted by Gasteiger charge is 2.69. The number of hydrogen-bond donors (Lipinski definition) is 0. The summed E-state index contributed by atoms with van der Waals surface area (Å²) in [5.41, 5.74) is -0.668. The second-order valence-corrected chi connectivity index (χ2v) is 11.1. The third-order valence-electron chi connectivity index (χ3n) is 8.85. The molecule has 6 rings (SSSR count). The molecule has 0 radical (unpaired) electrons. The first-order chi connectivity index (χ1) is 15.8. The number of nitrogens with zero attached hydrogens (tertiary/aromatic N) is 1. The van der Waals surface area contributed by atoms with Gasteiger partial charge in [-0.1, -0.05) is 26.7 Å². The average molecular weight is 466 g/mol. The predicted molar refractivity (Wildman–Crippen MR) is 117 cm³/mol. The van der Waals surface area contributed by atoms with Crippen molar-refractivity contribution in [2.45, 2.75) is 109 Å². The van der Waals surface area contributed by atoms with E-state index >= 15 is 0 Å². The van der Waals surface area contributed by atoms with Gasteiger partial charge in [-0.05, 0) is 50.9 Å². The van der Waals surface area contributed by atoms with Crippen molar-refractivity contribution in [1.29, 1.82) is 0 Å². The third kappa shape index (κ3) is 4.21. The maximum Gasteiger partial charge on any atom is 0.308 e. The molecule has 5 aliphatic heterocycles. The van der Waals surface area contributed by atoms with Crippen LogP contribution >= 0.6 is 0 Å². The topological polar surface area (TPSA) is 83.5 Å². The summed E-state index contributed by atoms with van der Waals surface area (Å²) in [5.74, 6) is -0.405. The Morgan fingerprint density at radius 2 is 1.73 bits per heavy atom. The average Bonchev–Trinajstić information content (AvgIpc) is 3.20. The molecule has 1 spiro atoms. The maximum absolute atomic E-state index is 12.7. The van der Waals surface area contributed by atoms with E-state index in [1.807, 2.05) is 11.8 Å². The highest BCUT2D eigenvalue weighted by atomic mass is 17.3. The van der Waals surface area contributed by atoms with Crippen LogP contribution in [-0.2, 0) is 33.6 Å². The molecule has 5 heterocycles. The fourth-order valence-electron chi connectivity index (χ4n) is 6.88. The molecule has 8 nitrogen and oxygen atoms in total. The second-order valence-electron chi connectivity index (χ2n) is 11.1. The lowest BCUT2D eigenvalue weighted by Crippen LogP contribution is -2.70. The van der Waals surface area contributed by atoms with Gasteiger partial charge < -0.3 is 19.1 Å². The molecular weight excluding hydrogens is 426 g/mol. The predicted octanol–water partition coefficient (Wildman–Crippen LogP) is 3.92. The van der Waals surface area contributed by atoms with Crippen LogP contribution in [0.3, 0.4) is 0 Å². The summed E-state index contributed by atoms with van der Waals surface area (Å²) in [5, 5.41) is 0. The summed E-state index contributed by atoms with van der Waals surface area (Å²) in [6, 6.07) is 0. The van der Waals surface area contributed by atoms with Crippen LogP contribution in [0.15, 0.2) is 0 Å². The molecule has 0 aromatic rings. The van der Waals surface area contributed by atoms with E-state index in [0.717, 1.165) is 51.6 Å². The Kier molecular flexibility index (Phi) is 6.48. The van der Waals surface area contributed by atoms with Crippen molar-refractivity contribution in [3.63, 3.8) is 0 Å². The molecule has 0 unspecified atom stereocenters. The summed E-state index contributed by atoms with van der Waals surface area (Å²) in [6.45, 7) is 7.80. The fourth-order valence-corrected chi connectivity index (χ4v) is 6.88. The smallest absolute Gasteiger partial charge is 0.308 e. The number of fused-ring (bicyclic) bond motifs is 2. The zero-order chi connectivity index (χ0) is 23.2. The van der Waals surface area contributed by atoms with E-state index in [9.17, 15) is 9.59 Å². The van der Waals surface area contributed by atoms with Crippen LogP contribution in [0.5, 0.6) is 0 Å². The summed E-state index contributed by atoms with van der Waals surface area (Å²) in [7, 11) is 0. The van der Waals surface area contributed by atoms with E-state index in [0.29, 0.717) is 5.92 Å². The molecular formula is C25H39NO7. The van der Waals surface area contributed by atoms with E-state index in [4.69, 9.17) is 24.0 Å². The molecule has 1 saturated carbocycles. The van der Waals surface area contributed by atoms with Gasteiger partial charge in [0.05, 0.1) is 6.42 Å². The molecule has 6 fully saturated rings. The highest BCUT2D eigenvalue weighted by Crippen LogP contribution is 2.60. The Labute approximate surface area is 196 Å². The van der Waals surface area contributed by atoms with Gasteiger partial charge in [-0.15, -0.1) is 0 Å². The lowest BCUT2D eigenvalue weighted by Gasteiger charge is -2.59. The Balaban J connectivity index is 1.24. The van der Waals surface area contributed by atoms with Gasteiger partial charge in [0.15, 0.2) is 11.9 Å². The molecule has 1 amide bonds. The molecule has 33 heavy (non-hydrogen) atoms. The SMILES string of the molecule is C[C@H]1[C@H](OC(=O)CCC(=O)N2CCCCCC2)O[C@@H]2O[C@@]3(C)CC[C@@H]4[C@H](C)CC[C@H]1[C@@]24OO3. The Bertz CT molecular complexity index is 753. The number of likely N-dealkylation sites (tertiary alicyclic amines) is 1. The van der Waals surface area contributed by atoms with E-state index in [2.05, 4.69) is 13.8 Å². The number of rotatable bonds is 4. The lowest BCUT2D eigenvalue weighted by molar-refractivity contribution is -0.576. The first-order valence-corrected chi connectivity index (χ1v) is 13.0. The molecule has 8 heteroatoms. The highest BCUT2D eigenvalue weighted by molar-refractivity contribution is 5.81. The minimum Gasteiger partial charge on any atom is -0.435 e. The monoisotopic (exact) mass is 465 g/mol. The van der Waals surface area contributed by atoms with E-state index in [-0.39, 0.29) is 36.5 Å². The van der Waals surface area contributed by atoms with E-state index < -0.39 is 29.9 Å². The minimum atomic E-state index is -0.855. The number of esters is 1. The molecule has 0 aromatic heterocycles. The van der Waals surface area contributed by atoms with Crippen LogP contribution in [0, 0.1) is 23.7 Å². The number of carbonyl (C=O) groups excluding carboxylic acids is 2. The van der Waals surface area contributed by atoms with Crippen molar-refractivity contribution in [2.24, 2.45) is 23.7 Å². The van der Waals surface area contributed by atoms with Crippen LogP contribution in [0.1, 0.15) is 85.0 Å². The first kappa shape index (κ1) is 23.5. The normalized spacial score (nSPS) is 45.0. The molecule has 6 aliphatic rings. The van der Waals surface area contributed by atoms with Crippen LogP contribution in [-0.4, -0.2) is 53.8 Å². The van der Waals surface area contributed by atoms with Crippen LogP contribution in [0.4, 0.5) is 0 Å². The molecule has 1 aliphatic carbocycles. The van der Waals surface area contributed by atoms with Crippen LogP contribution < -0.4 is 0 Å². The molecule has 8 atom stereocenters. The quantitative estimate of drug-likeness (QED) is 0.460. The summed E-state index contributed by atoms with van der Waals surface area (Å²) in [6.07, 6.45) is 7.07. The van der Waals surface area contributed by atoms with Crippen LogP contribution in [0.25, 0.3) is 0 Å². The second kappa shape index (κ2) is 9.10. The van der Waals surface area contributed by atoms with Crippen molar-refractivity contribution in [3.8, 4) is 0 Å². The molecule has 0 N–H and O–H groups in total. The Morgan fingerprint density at radius 1 is 0.970 bits per heavy atom. The van der Waals surface area contributed by atoms with Gasteiger partial charge in [0, 0.05) is 37.8 Å². The van der Waals surface area contributed by atoms with Crippen molar-refractivity contribution in [3.05, 3.63) is 0 Å². The maximum atomic E-state index is 12.7. The number of amides is 1. The molecule has 5 saturated heterocycles. The van der Waals surface area contributed by atoms with Crippen molar-refractivity contribution >= 4 is 11.9 Å². The van der Waals surface area contributed by atoms with Crippen LogP contribution in [0.2, 0.25) is 0 Å². The summed E-state index contributed by atoms with van der Waals surface area (Å²) >= 11 is 0. The van der Waals surface area contributed by atoms with E-state index in [1.54, 1.807) is 0 Å². The third-order valence-corrected chi connectivity index (χ3v) is 8.85. The number of ether oxygens (including phenoxy) is 3. The van der Waals surface area contributed by atoms with E-state index in [1.165, 1.54) is 12.8 Å². The zero-order valence-electron chi connectivity index (χ0n) is 20.3. The van der Waals surface area contributed by atoms with Gasteiger partial charge in [-0.2, -0.15) is 0 Å². The fraction of sp³-hybridized carbons (Fsp3) is 0.920. The Morgan fingerprint density at radius 3 is 2.48 bits per heavy atom. The standard InChI is InChI=1S/C25H39NO7/c1-16-8-9-19-17(2)22(29-21(28)11-10-20(27)26-14-6-4-5-7-15-26)30-23-25(19)18(16)12-13-24(3,31-23)32-33-25/h16-19,22-23H,4-15H2,1-3H3/t16-,17-,18-,19-,22-,23-,24-,25-/m1/s1. The lowest BCUT2D eigenvalue weighted by atomic mass is 9.58. The Hall–Kier alpha value is -1.22. The van der Waals surface area contributed by atoms with Gasteiger partial charge >= 0.3 is 5.97 Å². The molecule has 0 aromatic carbocycles. The first-order valence-electron chi connectivity index (χ1n) is 13.0. The molecule has 2 bridgehead atoms. The minimum absolute atomic E-state index is 0.0393. The van der Waals surface area contributed by atoms with Gasteiger partial charge in [-0.3, -0.25) is 9.59 Å². The number of carbonyl (C=O) groups is 2. The van der Waals surface area contributed by atoms with Crippen molar-refractivity contribution in [2.75, 3.05) is 13.1 Å². The largest absolute Gasteiger partial charge is 0.435 e. The van der Waals surface area contributed by atoms with Gasteiger partial charge in [0.25, 0.3) is 0 Å². The van der Waals surface area contributed by atoms with Crippen molar-refractivity contribution < 1.29 is 33.6 Å².